The number of amides is 1. The predicted molar refractivity (Wildman–Crippen MR) is 98.6 cm³/mol. The van der Waals surface area contributed by atoms with Crippen LogP contribution in [0.15, 0.2) is 24.3 Å². The van der Waals surface area contributed by atoms with Crippen LogP contribution in [0.4, 0.5) is 10.5 Å². The maximum atomic E-state index is 12.4. The molecule has 0 saturated heterocycles. The fourth-order valence-electron chi connectivity index (χ4n) is 2.23. The number of ether oxygens (including phenoxy) is 2. The van der Waals surface area contributed by atoms with Crippen molar-refractivity contribution in [3.8, 4) is 0 Å². The number of rotatable bonds is 6. The Kier molecular flexibility index (Phi) is 7.42. The Morgan fingerprint density at radius 2 is 1.72 bits per heavy atom. The molecule has 0 bridgehead atoms. The monoisotopic (exact) mass is 350 g/mol. The molecule has 6 heteroatoms. The van der Waals surface area contributed by atoms with Gasteiger partial charge in [0, 0.05) is 11.7 Å². The topological polar surface area (TPSA) is 67.9 Å². The van der Waals surface area contributed by atoms with Gasteiger partial charge in [-0.05, 0) is 66.3 Å². The summed E-state index contributed by atoms with van der Waals surface area (Å²) in [5, 5.41) is 2.68. The molecule has 1 aromatic carbocycles. The molecular formula is C19H30N2O4. The van der Waals surface area contributed by atoms with Gasteiger partial charge in [-0.15, -0.1) is 0 Å². The van der Waals surface area contributed by atoms with E-state index in [9.17, 15) is 9.59 Å². The number of nitrogens with one attached hydrogen (secondary N) is 1. The minimum absolute atomic E-state index is 0.175. The first-order chi connectivity index (χ1) is 11.5. The zero-order valence-corrected chi connectivity index (χ0v) is 16.3. The van der Waals surface area contributed by atoms with Crippen LogP contribution in [0.2, 0.25) is 0 Å². The summed E-state index contributed by atoms with van der Waals surface area (Å²) in [6, 6.07) is 6.81. The molecule has 0 aliphatic heterocycles. The van der Waals surface area contributed by atoms with Crippen LogP contribution in [-0.2, 0) is 14.3 Å². The summed E-state index contributed by atoms with van der Waals surface area (Å²) < 4.78 is 10.4. The van der Waals surface area contributed by atoms with E-state index in [2.05, 4.69) is 5.32 Å². The van der Waals surface area contributed by atoms with Crippen LogP contribution in [0.3, 0.4) is 0 Å². The Morgan fingerprint density at radius 1 is 1.16 bits per heavy atom. The first kappa shape index (κ1) is 21.0. The molecule has 0 heterocycles. The second-order valence-corrected chi connectivity index (χ2v) is 7.16. The maximum Gasteiger partial charge on any atom is 0.412 e. The van der Waals surface area contributed by atoms with Crippen molar-refractivity contribution in [3.05, 3.63) is 29.8 Å². The highest BCUT2D eigenvalue weighted by Crippen LogP contribution is 2.25. The van der Waals surface area contributed by atoms with Gasteiger partial charge in [-0.1, -0.05) is 12.1 Å². The molecule has 0 aromatic heterocycles. The summed E-state index contributed by atoms with van der Waals surface area (Å²) >= 11 is 0. The number of carbonyl (C=O) groups is 2. The first-order valence-corrected chi connectivity index (χ1v) is 8.53. The molecule has 6 nitrogen and oxygen atoms in total. The van der Waals surface area contributed by atoms with E-state index in [1.807, 2.05) is 37.9 Å². The highest BCUT2D eigenvalue weighted by atomic mass is 16.6. The summed E-state index contributed by atoms with van der Waals surface area (Å²) in [5.74, 6) is -0.286. The molecule has 1 unspecified atom stereocenters. The minimum atomic E-state index is -0.557. The molecule has 0 spiro atoms. The van der Waals surface area contributed by atoms with Gasteiger partial charge in [-0.3, -0.25) is 10.2 Å². The molecule has 1 N–H and O–H groups in total. The fourth-order valence-corrected chi connectivity index (χ4v) is 2.23. The number of benzene rings is 1. The maximum absolute atomic E-state index is 12.4. The lowest BCUT2D eigenvalue weighted by Crippen LogP contribution is -2.36. The lowest BCUT2D eigenvalue weighted by Gasteiger charge is -2.30. The zero-order chi connectivity index (χ0) is 19.2. The molecule has 1 atom stereocenters. The normalized spacial score (nSPS) is 12.8. The van der Waals surface area contributed by atoms with Gasteiger partial charge in [0.05, 0.1) is 6.61 Å². The average Bonchev–Trinajstić information content (AvgIpc) is 2.47. The van der Waals surface area contributed by atoms with Gasteiger partial charge < -0.3 is 9.47 Å². The Balaban J connectivity index is 2.93. The average molecular weight is 350 g/mol. The molecule has 0 aliphatic rings. The van der Waals surface area contributed by atoms with Crippen LogP contribution in [0.1, 0.15) is 53.1 Å². The van der Waals surface area contributed by atoms with Gasteiger partial charge in [0.25, 0.3) is 0 Å². The van der Waals surface area contributed by atoms with E-state index in [0.717, 1.165) is 5.56 Å². The van der Waals surface area contributed by atoms with Gasteiger partial charge in [-0.2, -0.15) is 0 Å². The summed E-state index contributed by atoms with van der Waals surface area (Å²) in [7, 11) is 1.89. The summed E-state index contributed by atoms with van der Waals surface area (Å²) in [6.07, 6.45) is -0.513. The first-order valence-electron chi connectivity index (χ1n) is 8.53. The lowest BCUT2D eigenvalue weighted by molar-refractivity contribution is -0.150. The Morgan fingerprint density at radius 3 is 2.16 bits per heavy atom. The molecule has 0 fully saturated rings. The van der Waals surface area contributed by atoms with Crippen molar-refractivity contribution in [2.24, 2.45) is 0 Å². The SMILES string of the molecule is CCOC(=O)C(c1ccc(NC(=O)OC(C)(C)C)cc1)N(C)C(C)C. The number of hydrogen-bond acceptors (Lipinski definition) is 5. The summed E-state index contributed by atoms with van der Waals surface area (Å²) in [6.45, 7) is 11.6. The predicted octanol–water partition coefficient (Wildman–Crippen LogP) is 3.98. The van der Waals surface area contributed by atoms with Crippen molar-refractivity contribution in [1.82, 2.24) is 4.90 Å². The number of carbonyl (C=O) groups excluding carboxylic acids is 2. The van der Waals surface area contributed by atoms with Crippen molar-refractivity contribution >= 4 is 17.7 Å². The Bertz CT molecular complexity index is 576. The molecule has 0 saturated carbocycles. The third kappa shape index (κ3) is 6.74. The van der Waals surface area contributed by atoms with Crippen LogP contribution in [-0.4, -0.2) is 42.3 Å². The molecular weight excluding hydrogens is 320 g/mol. The van der Waals surface area contributed by atoms with Crippen molar-refractivity contribution in [1.29, 1.82) is 0 Å². The van der Waals surface area contributed by atoms with Gasteiger partial charge >= 0.3 is 12.1 Å². The van der Waals surface area contributed by atoms with Crippen LogP contribution in [0.5, 0.6) is 0 Å². The molecule has 0 aliphatic carbocycles. The summed E-state index contributed by atoms with van der Waals surface area (Å²) in [4.78, 5) is 26.1. The smallest absolute Gasteiger partial charge is 0.412 e. The third-order valence-electron chi connectivity index (χ3n) is 3.60. The Hall–Kier alpha value is -2.08. The quantitative estimate of drug-likeness (QED) is 0.786. The van der Waals surface area contributed by atoms with Gasteiger partial charge in [0.1, 0.15) is 11.6 Å². The van der Waals surface area contributed by atoms with Crippen LogP contribution in [0, 0.1) is 0 Å². The molecule has 1 amide bonds. The molecule has 0 radical (unpaired) electrons. The summed E-state index contributed by atoms with van der Waals surface area (Å²) in [5.41, 5.74) is 0.858. The van der Waals surface area contributed by atoms with Gasteiger partial charge in [-0.25, -0.2) is 9.59 Å². The van der Waals surface area contributed by atoms with E-state index in [4.69, 9.17) is 9.47 Å². The standard InChI is InChI=1S/C19H30N2O4/c1-8-24-17(22)16(21(7)13(2)3)14-9-11-15(12-10-14)20-18(23)25-19(4,5)6/h9-13,16H,8H2,1-7H3,(H,20,23). The van der Waals surface area contributed by atoms with Crippen LogP contribution in [0.25, 0.3) is 0 Å². The van der Waals surface area contributed by atoms with E-state index < -0.39 is 17.7 Å². The van der Waals surface area contributed by atoms with Crippen molar-refractivity contribution < 1.29 is 19.1 Å². The van der Waals surface area contributed by atoms with E-state index in [-0.39, 0.29) is 12.0 Å². The largest absolute Gasteiger partial charge is 0.465 e. The van der Waals surface area contributed by atoms with Crippen molar-refractivity contribution in [2.75, 3.05) is 19.0 Å². The van der Waals surface area contributed by atoms with Crippen molar-refractivity contribution in [2.45, 2.75) is 59.2 Å². The third-order valence-corrected chi connectivity index (χ3v) is 3.60. The molecule has 1 rings (SSSR count). The molecule has 140 valence electrons. The minimum Gasteiger partial charge on any atom is -0.465 e. The number of anilines is 1. The molecule has 25 heavy (non-hydrogen) atoms. The number of nitrogens with zero attached hydrogens (tertiary/aromatic N) is 1. The van der Waals surface area contributed by atoms with E-state index >= 15 is 0 Å². The zero-order valence-electron chi connectivity index (χ0n) is 16.3. The second kappa shape index (κ2) is 8.85. The van der Waals surface area contributed by atoms with Gasteiger partial charge in [0.15, 0.2) is 0 Å². The second-order valence-electron chi connectivity index (χ2n) is 7.16. The van der Waals surface area contributed by atoms with Crippen LogP contribution >= 0.6 is 0 Å². The number of hydrogen-bond donors (Lipinski definition) is 1. The van der Waals surface area contributed by atoms with Crippen LogP contribution < -0.4 is 5.32 Å². The lowest BCUT2D eigenvalue weighted by atomic mass is 10.0. The highest BCUT2D eigenvalue weighted by molar-refractivity contribution is 5.85. The fraction of sp³-hybridized carbons (Fsp3) is 0.579. The highest BCUT2D eigenvalue weighted by Gasteiger charge is 2.28. The van der Waals surface area contributed by atoms with Gasteiger partial charge in [0.2, 0.25) is 0 Å². The molecule has 1 aromatic rings. The Labute approximate surface area is 150 Å². The van der Waals surface area contributed by atoms with E-state index in [1.165, 1.54) is 0 Å². The van der Waals surface area contributed by atoms with E-state index in [1.54, 1.807) is 39.8 Å². The van der Waals surface area contributed by atoms with E-state index in [0.29, 0.717) is 12.3 Å². The number of likely N-dealkylation sites (N-methyl/N-ethyl adjacent to an activating group) is 1. The number of esters is 1. The van der Waals surface area contributed by atoms with Crippen molar-refractivity contribution in [3.63, 3.8) is 0 Å².